The van der Waals surface area contributed by atoms with Crippen LogP contribution in [0.15, 0.2) is 54.6 Å². The Kier molecular flexibility index (Phi) is 6.55. The molecule has 0 aliphatic carbocycles. The third kappa shape index (κ3) is 4.25. The molecule has 0 fully saturated rings. The van der Waals surface area contributed by atoms with Gasteiger partial charge in [-0.3, -0.25) is 0 Å². The van der Waals surface area contributed by atoms with Gasteiger partial charge in [0, 0.05) is 24.5 Å². The highest BCUT2D eigenvalue weighted by molar-refractivity contribution is 6.16. The van der Waals surface area contributed by atoms with Crippen molar-refractivity contribution in [3.63, 3.8) is 0 Å². The number of rotatable bonds is 7. The molecule has 0 spiro atoms. The Morgan fingerprint density at radius 2 is 1.33 bits per heavy atom. The third-order valence-corrected chi connectivity index (χ3v) is 6.07. The summed E-state index contributed by atoms with van der Waals surface area (Å²) >= 11 is 0. The fraction of sp³-hybridized carbons (Fsp3) is 0.276. The Morgan fingerprint density at radius 1 is 0.788 bits per heavy atom. The minimum absolute atomic E-state index is 0.291. The molecule has 0 saturated heterocycles. The molecule has 4 rings (SSSR count). The van der Waals surface area contributed by atoms with E-state index < -0.39 is 0 Å². The van der Waals surface area contributed by atoms with Gasteiger partial charge in [-0.15, -0.1) is 0 Å². The monoisotopic (exact) mass is 440 g/mol. The van der Waals surface area contributed by atoms with Crippen LogP contribution in [-0.2, 0) is 4.74 Å². The second-order valence-electron chi connectivity index (χ2n) is 8.35. The van der Waals surface area contributed by atoms with E-state index in [2.05, 4.69) is 68.7 Å². The van der Waals surface area contributed by atoms with Crippen LogP contribution in [0, 0.1) is 13.8 Å². The van der Waals surface area contributed by atoms with Gasteiger partial charge in [0.05, 0.1) is 12.2 Å². The number of esters is 1. The van der Waals surface area contributed by atoms with Gasteiger partial charge >= 0.3 is 5.97 Å². The molecule has 0 unspecified atom stereocenters. The summed E-state index contributed by atoms with van der Waals surface area (Å²) in [6.45, 7) is 12.4. The van der Waals surface area contributed by atoms with Crippen LogP contribution in [-0.4, -0.2) is 25.7 Å². The predicted octanol–water partition coefficient (Wildman–Crippen LogP) is 7.32. The van der Waals surface area contributed by atoms with E-state index in [0.717, 1.165) is 57.1 Å². The third-order valence-electron chi connectivity index (χ3n) is 6.07. The standard InChI is InChI=1S/C29H32N2O2/c1-6-30-26-16-20-15-21-17-27(31-7-2)19(5)14-25(21)28(24(20)13-18(26)4)22-11-9-10-12-23(22)29(32)33-8-3/h9-17,30-31H,6-8H2,1-5H3. The highest BCUT2D eigenvalue weighted by Crippen LogP contribution is 2.41. The van der Waals surface area contributed by atoms with Crippen LogP contribution in [0.25, 0.3) is 32.7 Å². The van der Waals surface area contributed by atoms with Crippen LogP contribution in [0.1, 0.15) is 42.3 Å². The number of benzene rings is 4. The molecule has 0 aliphatic heterocycles. The van der Waals surface area contributed by atoms with E-state index in [1.54, 1.807) is 0 Å². The lowest BCUT2D eigenvalue weighted by Gasteiger charge is -2.19. The van der Waals surface area contributed by atoms with E-state index in [0.29, 0.717) is 12.2 Å². The number of hydrogen-bond acceptors (Lipinski definition) is 4. The van der Waals surface area contributed by atoms with Crippen molar-refractivity contribution in [1.82, 2.24) is 0 Å². The first kappa shape index (κ1) is 22.7. The largest absolute Gasteiger partial charge is 0.462 e. The minimum atomic E-state index is -0.291. The van der Waals surface area contributed by atoms with Crippen molar-refractivity contribution in [3.05, 3.63) is 71.3 Å². The number of carbonyl (C=O) groups is 1. The Morgan fingerprint density at radius 3 is 1.85 bits per heavy atom. The first-order valence-corrected chi connectivity index (χ1v) is 11.7. The average molecular weight is 441 g/mol. The van der Waals surface area contributed by atoms with Crippen molar-refractivity contribution in [3.8, 4) is 11.1 Å². The number of ether oxygens (including phenoxy) is 1. The number of aryl methyl sites for hydroxylation is 2. The predicted molar refractivity (Wildman–Crippen MR) is 141 cm³/mol. The van der Waals surface area contributed by atoms with E-state index in [-0.39, 0.29) is 5.97 Å². The number of carbonyl (C=O) groups excluding carboxylic acids is 1. The van der Waals surface area contributed by atoms with Crippen LogP contribution in [0.3, 0.4) is 0 Å². The lowest BCUT2D eigenvalue weighted by atomic mass is 9.87. The van der Waals surface area contributed by atoms with Gasteiger partial charge in [-0.2, -0.15) is 0 Å². The van der Waals surface area contributed by atoms with E-state index in [1.807, 2.05) is 31.2 Å². The van der Waals surface area contributed by atoms with E-state index in [4.69, 9.17) is 4.74 Å². The summed E-state index contributed by atoms with van der Waals surface area (Å²) in [5, 5.41) is 11.5. The van der Waals surface area contributed by atoms with Crippen molar-refractivity contribution in [2.45, 2.75) is 34.6 Å². The summed E-state index contributed by atoms with van der Waals surface area (Å²) in [5.41, 5.74) is 7.19. The molecule has 0 saturated carbocycles. The van der Waals surface area contributed by atoms with Gasteiger partial charge in [-0.1, -0.05) is 18.2 Å². The van der Waals surface area contributed by atoms with E-state index in [1.165, 1.54) is 11.1 Å². The highest BCUT2D eigenvalue weighted by atomic mass is 16.5. The second kappa shape index (κ2) is 9.53. The molecule has 0 atom stereocenters. The van der Waals surface area contributed by atoms with Crippen LogP contribution in [0.2, 0.25) is 0 Å². The molecule has 0 aliphatic rings. The molecular weight excluding hydrogens is 408 g/mol. The normalized spacial score (nSPS) is 11.1. The van der Waals surface area contributed by atoms with Crippen LogP contribution in [0.5, 0.6) is 0 Å². The summed E-state index contributed by atoms with van der Waals surface area (Å²) in [7, 11) is 0. The first-order valence-electron chi connectivity index (χ1n) is 11.7. The summed E-state index contributed by atoms with van der Waals surface area (Å²) < 4.78 is 5.40. The zero-order valence-corrected chi connectivity index (χ0v) is 20.1. The number of hydrogen-bond donors (Lipinski definition) is 2. The average Bonchev–Trinajstić information content (AvgIpc) is 2.80. The SMILES string of the molecule is CCNc1cc2cc3cc(NCC)c(C)cc3c(-c3ccccc3C(=O)OCC)c2cc1C. The molecule has 4 nitrogen and oxygen atoms in total. The Balaban J connectivity index is 2.13. The summed E-state index contributed by atoms with van der Waals surface area (Å²) in [6.07, 6.45) is 0. The van der Waals surface area contributed by atoms with Gasteiger partial charge < -0.3 is 15.4 Å². The molecule has 33 heavy (non-hydrogen) atoms. The van der Waals surface area contributed by atoms with Crippen molar-refractivity contribution in [2.24, 2.45) is 0 Å². The summed E-state index contributed by atoms with van der Waals surface area (Å²) in [5.74, 6) is -0.291. The molecule has 170 valence electrons. The van der Waals surface area contributed by atoms with Gasteiger partial charge in [-0.05, 0) is 115 Å². The van der Waals surface area contributed by atoms with Crippen LogP contribution >= 0.6 is 0 Å². The van der Waals surface area contributed by atoms with Gasteiger partial charge in [-0.25, -0.2) is 4.79 Å². The van der Waals surface area contributed by atoms with Crippen molar-refractivity contribution < 1.29 is 9.53 Å². The van der Waals surface area contributed by atoms with Crippen LogP contribution in [0.4, 0.5) is 11.4 Å². The highest BCUT2D eigenvalue weighted by Gasteiger charge is 2.19. The molecular formula is C29H32N2O2. The Hall–Kier alpha value is -3.53. The lowest BCUT2D eigenvalue weighted by Crippen LogP contribution is -2.07. The maximum atomic E-state index is 12.9. The lowest BCUT2D eigenvalue weighted by molar-refractivity contribution is 0.0527. The fourth-order valence-corrected chi connectivity index (χ4v) is 4.57. The van der Waals surface area contributed by atoms with Crippen molar-refractivity contribution in [2.75, 3.05) is 30.3 Å². The van der Waals surface area contributed by atoms with E-state index >= 15 is 0 Å². The van der Waals surface area contributed by atoms with E-state index in [9.17, 15) is 4.79 Å². The second-order valence-corrected chi connectivity index (χ2v) is 8.35. The van der Waals surface area contributed by atoms with Crippen molar-refractivity contribution >= 4 is 38.9 Å². The van der Waals surface area contributed by atoms with Gasteiger partial charge in [0.1, 0.15) is 0 Å². The number of fused-ring (bicyclic) bond motifs is 2. The molecule has 4 aromatic carbocycles. The maximum absolute atomic E-state index is 12.9. The minimum Gasteiger partial charge on any atom is -0.462 e. The van der Waals surface area contributed by atoms with Gasteiger partial charge in [0.25, 0.3) is 0 Å². The molecule has 0 bridgehead atoms. The smallest absolute Gasteiger partial charge is 0.338 e. The number of anilines is 2. The zero-order valence-electron chi connectivity index (χ0n) is 20.1. The fourth-order valence-electron chi connectivity index (χ4n) is 4.57. The molecule has 4 heteroatoms. The molecule has 4 aromatic rings. The Bertz CT molecular complexity index is 1270. The maximum Gasteiger partial charge on any atom is 0.338 e. The zero-order chi connectivity index (χ0) is 23.5. The van der Waals surface area contributed by atoms with Crippen LogP contribution < -0.4 is 10.6 Å². The molecule has 0 radical (unpaired) electrons. The molecule has 0 amide bonds. The molecule has 0 heterocycles. The summed E-state index contributed by atoms with van der Waals surface area (Å²) in [4.78, 5) is 12.9. The molecule has 2 N–H and O–H groups in total. The van der Waals surface area contributed by atoms with Gasteiger partial charge in [0.15, 0.2) is 0 Å². The number of nitrogens with one attached hydrogen (secondary N) is 2. The Labute approximate surface area is 196 Å². The first-order chi connectivity index (χ1) is 16.0. The van der Waals surface area contributed by atoms with Crippen molar-refractivity contribution in [1.29, 1.82) is 0 Å². The topological polar surface area (TPSA) is 50.4 Å². The quantitative estimate of drug-likeness (QED) is 0.233. The summed E-state index contributed by atoms with van der Waals surface area (Å²) in [6, 6.07) is 18.9. The molecule has 0 aromatic heterocycles. The van der Waals surface area contributed by atoms with Gasteiger partial charge in [0.2, 0.25) is 0 Å².